The van der Waals surface area contributed by atoms with E-state index in [0.717, 1.165) is 78.9 Å². The molecule has 0 unspecified atom stereocenters. The fourth-order valence-corrected chi connectivity index (χ4v) is 19.3. The van der Waals surface area contributed by atoms with Crippen LogP contribution in [0.4, 0.5) is 34.1 Å². The van der Waals surface area contributed by atoms with Gasteiger partial charge in [-0.1, -0.05) is 344 Å². The van der Waals surface area contributed by atoms with Gasteiger partial charge in [-0.15, -0.1) is 0 Å². The Kier molecular flexibility index (Phi) is 15.1. The van der Waals surface area contributed by atoms with E-state index in [1.807, 2.05) is 0 Å². The smallest absolute Gasteiger partial charge is 0.252 e. The molecule has 0 saturated carbocycles. The van der Waals surface area contributed by atoms with Gasteiger partial charge in [-0.05, 0) is 187 Å². The monoisotopic (exact) mass is 1450 g/mol. The van der Waals surface area contributed by atoms with Crippen molar-refractivity contribution in [2.45, 2.75) is 105 Å². The third kappa shape index (κ3) is 10.6. The van der Waals surface area contributed by atoms with E-state index in [-0.39, 0.29) is 28.4 Å². The lowest BCUT2D eigenvalue weighted by Gasteiger charge is -2.46. The molecule has 21 rings (SSSR count). The van der Waals surface area contributed by atoms with E-state index in [1.54, 1.807) is 0 Å². The third-order valence-electron chi connectivity index (χ3n) is 25.0. The average molecular weight is 1450 g/mol. The minimum absolute atomic E-state index is 0.125. The van der Waals surface area contributed by atoms with Crippen LogP contribution in [-0.4, -0.2) is 15.8 Å². The second-order valence-corrected chi connectivity index (χ2v) is 36.0. The van der Waals surface area contributed by atoms with Crippen molar-refractivity contribution in [3.8, 4) is 67.0 Å². The van der Waals surface area contributed by atoms with E-state index >= 15 is 0 Å². The zero-order valence-corrected chi connectivity index (χ0v) is 66.5. The number of anilines is 6. The van der Waals surface area contributed by atoms with Crippen LogP contribution in [0.5, 0.6) is 0 Å². The van der Waals surface area contributed by atoms with Crippen LogP contribution < -0.4 is 26.2 Å². The first-order chi connectivity index (χ1) is 54.6. The van der Waals surface area contributed by atoms with Gasteiger partial charge in [-0.25, -0.2) is 0 Å². The summed E-state index contributed by atoms with van der Waals surface area (Å²) in [5.41, 5.74) is 33.5. The van der Waals surface area contributed by atoms with Crippen LogP contribution >= 0.6 is 0 Å². The van der Waals surface area contributed by atoms with E-state index < -0.39 is 0 Å². The number of nitrogens with zero attached hydrogens (tertiary/aromatic N) is 4. The molecule has 0 bridgehead atoms. The highest BCUT2D eigenvalue weighted by Crippen LogP contribution is 2.56. The summed E-state index contributed by atoms with van der Waals surface area (Å²) < 4.78 is 5.12. The Morgan fingerprint density at radius 2 is 0.566 bits per heavy atom. The van der Waals surface area contributed by atoms with Gasteiger partial charge in [0.1, 0.15) is 0 Å². The average Bonchev–Trinajstić information content (AvgIpc) is 1.53. The third-order valence-corrected chi connectivity index (χ3v) is 25.0. The second kappa shape index (κ2) is 24.9. The van der Waals surface area contributed by atoms with E-state index in [0.29, 0.717) is 0 Å². The lowest BCUT2D eigenvalue weighted by Crippen LogP contribution is -2.61. The molecule has 17 aromatic carbocycles. The summed E-state index contributed by atoms with van der Waals surface area (Å²) in [4.78, 5) is 5.50. The Balaban J connectivity index is 0.948. The highest BCUT2D eigenvalue weighted by molar-refractivity contribution is 7.00. The van der Waals surface area contributed by atoms with Crippen LogP contribution in [0.25, 0.3) is 143 Å². The summed E-state index contributed by atoms with van der Waals surface area (Å²) in [6.07, 6.45) is 0. The maximum atomic E-state index is 2.76. The molecule has 0 amide bonds. The van der Waals surface area contributed by atoms with Gasteiger partial charge in [-0.2, -0.15) is 0 Å². The molecule has 0 radical (unpaired) electrons. The molecule has 5 heteroatoms. The summed E-state index contributed by atoms with van der Waals surface area (Å²) >= 11 is 0. The molecule has 0 N–H and O–H groups in total. The fraction of sp³-hybridized carbons (Fsp3) is 0.148. The van der Waals surface area contributed by atoms with Crippen molar-refractivity contribution in [1.29, 1.82) is 0 Å². The van der Waals surface area contributed by atoms with Crippen LogP contribution in [0.15, 0.2) is 322 Å². The Bertz CT molecular complexity index is 6810. The zero-order valence-electron chi connectivity index (χ0n) is 66.5. The molecule has 2 aliphatic heterocycles. The maximum Gasteiger partial charge on any atom is 0.252 e. The molecule has 0 spiro atoms. The summed E-state index contributed by atoms with van der Waals surface area (Å²) in [7, 11) is 0. The molecular weight excluding hydrogens is 1360 g/mol. The Hall–Kier alpha value is -12.7. The van der Waals surface area contributed by atoms with Crippen molar-refractivity contribution < 1.29 is 0 Å². The Morgan fingerprint density at radius 3 is 0.956 bits per heavy atom. The van der Waals surface area contributed by atoms with Gasteiger partial charge in [0.05, 0.1) is 33.4 Å². The molecule has 2 aliphatic rings. The first-order valence-corrected chi connectivity index (χ1v) is 40.3. The van der Waals surface area contributed by atoms with Gasteiger partial charge in [0.15, 0.2) is 0 Å². The molecule has 2 aromatic heterocycles. The largest absolute Gasteiger partial charge is 0.310 e. The van der Waals surface area contributed by atoms with Crippen molar-refractivity contribution in [2.24, 2.45) is 0 Å². The van der Waals surface area contributed by atoms with Gasteiger partial charge in [0.25, 0.3) is 6.71 Å². The lowest BCUT2D eigenvalue weighted by molar-refractivity contribution is 0.590. The SMILES string of the molecule is CC(C)(C)c1cccc(-c2cccc(-c3cccc(C(C)(C)C)c3)c2N2c3cc(-n4c5ccccc5c5ccccc54)ccc3B3c4ccc(-n5c6ccc7cccc8c9cccc%10ccc5c(c%109)c6c78)cc4N(c4c(-c5cccc(C(C)(C)C)c5)cccc4-c4cccc(C(C)(C)C)c4)c4cc(-c5ccccc5)cc2c43)c1. The van der Waals surface area contributed by atoms with Gasteiger partial charge in [0.2, 0.25) is 0 Å². The number of benzene rings is 17. The quantitative estimate of drug-likeness (QED) is 0.0813. The minimum atomic E-state index is -0.282. The van der Waals surface area contributed by atoms with E-state index in [9.17, 15) is 0 Å². The second-order valence-electron chi connectivity index (χ2n) is 36.0. The van der Waals surface area contributed by atoms with Crippen molar-refractivity contribution in [2.75, 3.05) is 9.80 Å². The summed E-state index contributed by atoms with van der Waals surface area (Å²) in [5.74, 6) is 0. The van der Waals surface area contributed by atoms with Crippen molar-refractivity contribution in [1.82, 2.24) is 9.13 Å². The number of hydrogen-bond acceptors (Lipinski definition) is 2. The number of fused-ring (bicyclic) bond motifs is 8. The maximum absolute atomic E-state index is 2.76. The van der Waals surface area contributed by atoms with E-state index in [1.165, 1.54) is 137 Å². The van der Waals surface area contributed by atoms with Crippen molar-refractivity contribution in [3.63, 3.8) is 0 Å². The van der Waals surface area contributed by atoms with Gasteiger partial charge < -0.3 is 18.9 Å². The molecular formula is C108H89BN4. The molecule has 113 heavy (non-hydrogen) atoms. The zero-order chi connectivity index (χ0) is 76.9. The molecule has 4 nitrogen and oxygen atoms in total. The molecule has 0 aliphatic carbocycles. The Labute approximate surface area is 663 Å². The molecule has 0 fully saturated rings. The van der Waals surface area contributed by atoms with Crippen LogP contribution in [0, 0.1) is 0 Å². The number of rotatable bonds is 9. The number of para-hydroxylation sites is 4. The first kappa shape index (κ1) is 68.3. The van der Waals surface area contributed by atoms with Crippen LogP contribution in [-0.2, 0) is 21.7 Å². The van der Waals surface area contributed by atoms with Crippen molar-refractivity contribution >= 4 is 133 Å². The standard InChI is InChI=1S/C108H89BN4/c1-105(2,3)74-36-20-32-69(58-74)80-42-26-43-81(70-33-21-37-75(59-70)106(4,5)6)103(80)112-94-64-78(110-90-48-18-16-40-84(90)85-41-17-19-49-91(85)110)52-54-88(94)109-89-55-53-79(111-92-56-50-67-30-24-46-86-87-47-25-31-68-51-57-93(111)101(99(68)87)100(92)98(67)86)65-95(89)113(97-63-73(62-96(112)102(97)109)66-28-14-13-15-29-66)104-82(71-34-22-38-76(60-71)107(7,8)9)44-27-45-83(104)72-35-23-39-77(61-72)108(10,11)12/h13-65H,1-12H3. The van der Waals surface area contributed by atoms with Gasteiger partial charge in [0, 0.05) is 77.9 Å². The fourth-order valence-electron chi connectivity index (χ4n) is 19.3. The van der Waals surface area contributed by atoms with Crippen LogP contribution in [0.3, 0.4) is 0 Å². The van der Waals surface area contributed by atoms with Gasteiger partial charge in [-0.3, -0.25) is 0 Å². The summed E-state index contributed by atoms with van der Waals surface area (Å²) in [6, 6.07) is 125. The molecule has 544 valence electrons. The Morgan fingerprint density at radius 1 is 0.230 bits per heavy atom. The highest BCUT2D eigenvalue weighted by atomic mass is 15.2. The van der Waals surface area contributed by atoms with E-state index in [4.69, 9.17) is 0 Å². The number of aromatic nitrogens is 2. The molecule has 4 heterocycles. The molecule has 0 atom stereocenters. The number of hydrogen-bond donors (Lipinski definition) is 0. The molecule has 19 aromatic rings. The topological polar surface area (TPSA) is 16.3 Å². The summed E-state index contributed by atoms with van der Waals surface area (Å²) in [5, 5.41) is 12.8. The van der Waals surface area contributed by atoms with Gasteiger partial charge >= 0.3 is 0 Å². The van der Waals surface area contributed by atoms with Crippen LogP contribution in [0.2, 0.25) is 0 Å². The lowest BCUT2D eigenvalue weighted by atomic mass is 9.33. The predicted octanol–water partition coefficient (Wildman–Crippen LogP) is 27.8. The highest BCUT2D eigenvalue weighted by Gasteiger charge is 2.46. The first-order valence-electron chi connectivity index (χ1n) is 40.3. The van der Waals surface area contributed by atoms with Crippen molar-refractivity contribution in [3.05, 3.63) is 344 Å². The van der Waals surface area contributed by atoms with Crippen LogP contribution in [0.1, 0.15) is 105 Å². The van der Waals surface area contributed by atoms with E-state index in [2.05, 4.69) is 424 Å². The normalized spacial score (nSPS) is 13.3. The summed E-state index contributed by atoms with van der Waals surface area (Å²) in [6.45, 7) is 27.8. The minimum Gasteiger partial charge on any atom is -0.310 e. The molecule has 0 saturated heterocycles. The predicted molar refractivity (Wildman–Crippen MR) is 486 cm³/mol.